The highest BCUT2D eigenvalue weighted by Gasteiger charge is 2.00. The third-order valence-corrected chi connectivity index (χ3v) is 2.62. The maximum Gasteiger partial charge on any atom is 0.311 e. The van der Waals surface area contributed by atoms with Gasteiger partial charge < -0.3 is 28.4 Å². The Kier molecular flexibility index (Phi) is 18.8. The molecule has 0 bridgehead atoms. The smallest absolute Gasteiger partial charge is 0.311 e. The number of esters is 2. The Labute approximate surface area is 161 Å². The van der Waals surface area contributed by atoms with Crippen LogP contribution in [-0.4, -0.2) is 91.1 Å². The molecule has 0 saturated heterocycles. The van der Waals surface area contributed by atoms with Gasteiger partial charge in [0.25, 0.3) is 0 Å². The number of ether oxygens (including phenoxy) is 6. The molecule has 14 heteroatoms. The molecule has 0 amide bonds. The van der Waals surface area contributed by atoms with Gasteiger partial charge in [0, 0.05) is 9.82 Å². The van der Waals surface area contributed by atoms with Gasteiger partial charge in [-0.05, 0) is 11.1 Å². The van der Waals surface area contributed by atoms with Gasteiger partial charge in [-0.15, -0.1) is 0 Å². The lowest BCUT2D eigenvalue weighted by atomic mass is 10.6. The van der Waals surface area contributed by atoms with Crippen LogP contribution in [-0.2, 0) is 38.0 Å². The fourth-order valence-corrected chi connectivity index (χ4v) is 1.46. The summed E-state index contributed by atoms with van der Waals surface area (Å²) in [6.45, 7) is 2.13. The minimum atomic E-state index is -0.606. The third-order valence-electron chi connectivity index (χ3n) is 2.62. The molecule has 0 aromatic carbocycles. The SMILES string of the molecule is [N-]=[N+]=NCC(=O)OCCOCCOCCOCCOCCOC(=O)CN=[N+]=[N-]. The highest BCUT2D eigenvalue weighted by Crippen LogP contribution is 1.86. The van der Waals surface area contributed by atoms with Crippen molar-refractivity contribution in [2.45, 2.75) is 0 Å². The summed E-state index contributed by atoms with van der Waals surface area (Å²) in [7, 11) is 0. The molecule has 158 valence electrons. The first-order chi connectivity index (χ1) is 13.7. The van der Waals surface area contributed by atoms with Crippen LogP contribution < -0.4 is 0 Å². The van der Waals surface area contributed by atoms with E-state index in [2.05, 4.69) is 20.1 Å². The number of hydrogen-bond acceptors (Lipinski definition) is 10. The van der Waals surface area contributed by atoms with E-state index in [4.69, 9.17) is 39.5 Å². The van der Waals surface area contributed by atoms with Crippen molar-refractivity contribution < 1.29 is 38.0 Å². The number of carbonyl (C=O) groups excluding carboxylic acids is 2. The van der Waals surface area contributed by atoms with E-state index in [-0.39, 0.29) is 39.5 Å². The summed E-state index contributed by atoms with van der Waals surface area (Å²) >= 11 is 0. The lowest BCUT2D eigenvalue weighted by molar-refractivity contribution is -0.144. The molecule has 0 aliphatic rings. The predicted molar refractivity (Wildman–Crippen MR) is 93.2 cm³/mol. The molecule has 0 fully saturated rings. The van der Waals surface area contributed by atoms with Crippen LogP contribution in [0.4, 0.5) is 0 Å². The van der Waals surface area contributed by atoms with E-state index in [1.54, 1.807) is 0 Å². The van der Waals surface area contributed by atoms with E-state index in [0.29, 0.717) is 39.6 Å². The van der Waals surface area contributed by atoms with Crippen molar-refractivity contribution in [3.05, 3.63) is 20.9 Å². The van der Waals surface area contributed by atoms with Crippen molar-refractivity contribution in [1.82, 2.24) is 0 Å². The van der Waals surface area contributed by atoms with Crippen LogP contribution in [0, 0.1) is 0 Å². The standard InChI is InChI=1S/C14H24N6O8/c15-19-17-11-13(21)27-9-7-25-5-3-23-1-2-24-4-6-26-8-10-28-14(22)12-18-20-16/h1-12H2. The second kappa shape index (κ2) is 20.7. The van der Waals surface area contributed by atoms with E-state index >= 15 is 0 Å². The average molecular weight is 404 g/mol. The van der Waals surface area contributed by atoms with Crippen LogP contribution >= 0.6 is 0 Å². The summed E-state index contributed by atoms with van der Waals surface area (Å²) in [5.41, 5.74) is 16.1. The van der Waals surface area contributed by atoms with Gasteiger partial charge in [-0.2, -0.15) is 0 Å². The molecule has 0 aromatic rings. The maximum atomic E-state index is 11.0. The van der Waals surface area contributed by atoms with E-state index in [9.17, 15) is 9.59 Å². The number of azide groups is 2. The van der Waals surface area contributed by atoms with Gasteiger partial charge in [-0.1, -0.05) is 10.2 Å². The lowest BCUT2D eigenvalue weighted by Crippen LogP contribution is -2.16. The number of rotatable bonds is 19. The molecule has 0 atom stereocenters. The monoisotopic (exact) mass is 404 g/mol. The molecule has 0 heterocycles. The number of hydrogen-bond donors (Lipinski definition) is 0. The molecule has 0 aromatic heterocycles. The molecule has 0 saturated carbocycles. The number of carbonyl (C=O) groups is 2. The normalized spacial score (nSPS) is 9.86. The Hall–Kier alpha value is -2.60. The highest BCUT2D eigenvalue weighted by molar-refractivity contribution is 5.72. The molecule has 0 unspecified atom stereocenters. The second-order valence-corrected chi connectivity index (χ2v) is 4.67. The molecule has 0 radical (unpaired) electrons. The van der Waals surface area contributed by atoms with Crippen LogP contribution in [0.15, 0.2) is 10.2 Å². The van der Waals surface area contributed by atoms with Gasteiger partial charge in [-0.3, -0.25) is 9.59 Å². The Bertz CT molecular complexity index is 476. The lowest BCUT2D eigenvalue weighted by Gasteiger charge is -2.08. The topological polar surface area (TPSA) is 187 Å². The summed E-state index contributed by atoms with van der Waals surface area (Å²) in [5, 5.41) is 6.14. The Balaban J connectivity index is 3.18. The third kappa shape index (κ3) is 19.7. The largest absolute Gasteiger partial charge is 0.463 e. The molecule has 28 heavy (non-hydrogen) atoms. The van der Waals surface area contributed by atoms with E-state index < -0.39 is 11.9 Å². The highest BCUT2D eigenvalue weighted by atomic mass is 16.6. The molecule has 14 nitrogen and oxygen atoms in total. The first-order valence-corrected chi connectivity index (χ1v) is 8.34. The van der Waals surface area contributed by atoms with Crippen LogP contribution in [0.25, 0.3) is 20.9 Å². The van der Waals surface area contributed by atoms with Crippen molar-refractivity contribution in [2.75, 3.05) is 79.2 Å². The van der Waals surface area contributed by atoms with Gasteiger partial charge in [-0.25, -0.2) is 0 Å². The summed E-state index contributed by atoms with van der Waals surface area (Å²) in [6.07, 6.45) is 0. The average Bonchev–Trinajstić information content (AvgIpc) is 2.70. The Morgan fingerprint density at radius 3 is 1.14 bits per heavy atom. The van der Waals surface area contributed by atoms with Crippen molar-refractivity contribution >= 4 is 11.9 Å². The first-order valence-electron chi connectivity index (χ1n) is 8.34. The quantitative estimate of drug-likeness (QED) is 0.0991. The van der Waals surface area contributed by atoms with Gasteiger partial charge in [0.05, 0.1) is 52.9 Å². The maximum absolute atomic E-state index is 11.0. The number of nitrogens with zero attached hydrogens (tertiary/aromatic N) is 6. The van der Waals surface area contributed by atoms with Gasteiger partial charge in [0.15, 0.2) is 0 Å². The van der Waals surface area contributed by atoms with Crippen LogP contribution in [0.2, 0.25) is 0 Å². The zero-order valence-corrected chi connectivity index (χ0v) is 15.4. The molecular weight excluding hydrogens is 380 g/mol. The fourth-order valence-electron chi connectivity index (χ4n) is 1.46. The van der Waals surface area contributed by atoms with E-state index in [1.165, 1.54) is 0 Å². The van der Waals surface area contributed by atoms with Gasteiger partial charge in [0.2, 0.25) is 0 Å². The molecular formula is C14H24N6O8. The van der Waals surface area contributed by atoms with Crippen molar-refractivity contribution in [3.63, 3.8) is 0 Å². The van der Waals surface area contributed by atoms with Crippen LogP contribution in [0.5, 0.6) is 0 Å². The fraction of sp³-hybridized carbons (Fsp3) is 0.857. The Morgan fingerprint density at radius 1 is 0.571 bits per heavy atom. The molecule has 0 rings (SSSR count). The van der Waals surface area contributed by atoms with Gasteiger partial charge >= 0.3 is 11.9 Å². The van der Waals surface area contributed by atoms with E-state index in [1.807, 2.05) is 0 Å². The second-order valence-electron chi connectivity index (χ2n) is 4.67. The minimum Gasteiger partial charge on any atom is -0.463 e. The summed E-state index contributed by atoms with van der Waals surface area (Å²) < 4.78 is 30.4. The summed E-state index contributed by atoms with van der Waals surface area (Å²) in [4.78, 5) is 26.8. The van der Waals surface area contributed by atoms with Crippen LogP contribution in [0.1, 0.15) is 0 Å². The zero-order valence-electron chi connectivity index (χ0n) is 15.4. The van der Waals surface area contributed by atoms with E-state index in [0.717, 1.165) is 0 Å². The van der Waals surface area contributed by atoms with Gasteiger partial charge in [0.1, 0.15) is 26.3 Å². The van der Waals surface area contributed by atoms with Crippen molar-refractivity contribution in [1.29, 1.82) is 0 Å². The molecule has 0 aliphatic carbocycles. The summed E-state index contributed by atoms with van der Waals surface area (Å²) in [6, 6.07) is 0. The predicted octanol–water partition coefficient (Wildman–Crippen LogP) is 0.760. The molecule has 0 N–H and O–H groups in total. The van der Waals surface area contributed by atoms with Crippen molar-refractivity contribution in [3.8, 4) is 0 Å². The molecule has 0 aliphatic heterocycles. The van der Waals surface area contributed by atoms with Crippen molar-refractivity contribution in [2.24, 2.45) is 10.2 Å². The summed E-state index contributed by atoms with van der Waals surface area (Å²) in [5.74, 6) is -1.21. The minimum absolute atomic E-state index is 0.0793. The Morgan fingerprint density at radius 2 is 0.857 bits per heavy atom. The zero-order chi connectivity index (χ0) is 20.7. The molecule has 0 spiro atoms. The first kappa shape index (κ1) is 25.4. The van der Waals surface area contributed by atoms with Crippen LogP contribution in [0.3, 0.4) is 0 Å².